The van der Waals surface area contributed by atoms with E-state index in [9.17, 15) is 18.8 Å². The summed E-state index contributed by atoms with van der Waals surface area (Å²) in [6.45, 7) is 1.14. The summed E-state index contributed by atoms with van der Waals surface area (Å²) in [6.07, 6.45) is 2.11. The number of rotatable bonds is 9. The molecule has 6 nitrogen and oxygen atoms in total. The molecule has 0 unspecified atom stereocenters. The first-order valence-electron chi connectivity index (χ1n) is 8.04. The Bertz CT molecular complexity index is 573. The predicted molar refractivity (Wildman–Crippen MR) is 84.7 cm³/mol. The molecule has 3 amide bonds. The second-order valence-corrected chi connectivity index (χ2v) is 5.55. The number of ether oxygens (including phenoxy) is 1. The average molecular weight is 336 g/mol. The summed E-state index contributed by atoms with van der Waals surface area (Å²) in [7, 11) is 0. The maximum Gasteiger partial charge on any atom is 0.229 e. The van der Waals surface area contributed by atoms with E-state index in [0.717, 1.165) is 17.7 Å². The molecule has 1 aromatic carbocycles. The maximum atomic E-state index is 12.7. The van der Waals surface area contributed by atoms with E-state index in [0.29, 0.717) is 18.9 Å². The van der Waals surface area contributed by atoms with Gasteiger partial charge in [0.05, 0.1) is 6.61 Å². The van der Waals surface area contributed by atoms with Crippen molar-refractivity contribution in [2.24, 2.45) is 0 Å². The molecule has 0 saturated carbocycles. The Morgan fingerprint density at radius 3 is 2.46 bits per heavy atom. The van der Waals surface area contributed by atoms with Gasteiger partial charge in [-0.2, -0.15) is 0 Å². The second-order valence-electron chi connectivity index (χ2n) is 5.55. The van der Waals surface area contributed by atoms with Crippen LogP contribution in [0.5, 0.6) is 5.75 Å². The highest BCUT2D eigenvalue weighted by molar-refractivity contribution is 6.02. The van der Waals surface area contributed by atoms with Gasteiger partial charge in [0.15, 0.2) is 0 Å². The quantitative estimate of drug-likeness (QED) is 0.549. The summed E-state index contributed by atoms with van der Waals surface area (Å²) in [5.74, 6) is -0.277. The van der Waals surface area contributed by atoms with E-state index < -0.39 is 0 Å². The third kappa shape index (κ3) is 5.64. The molecule has 0 bridgehead atoms. The number of imide groups is 1. The average Bonchev–Trinajstić information content (AvgIpc) is 2.89. The number of carbonyl (C=O) groups is 3. The molecule has 1 fully saturated rings. The fraction of sp³-hybridized carbons (Fsp3) is 0.471. The van der Waals surface area contributed by atoms with E-state index in [-0.39, 0.29) is 49.3 Å². The van der Waals surface area contributed by atoms with Crippen molar-refractivity contribution in [2.75, 3.05) is 19.7 Å². The first kappa shape index (κ1) is 17.9. The van der Waals surface area contributed by atoms with Gasteiger partial charge in [-0.3, -0.25) is 19.3 Å². The zero-order valence-electron chi connectivity index (χ0n) is 13.4. The van der Waals surface area contributed by atoms with E-state index in [1.165, 1.54) is 12.1 Å². The van der Waals surface area contributed by atoms with E-state index in [4.69, 9.17) is 4.74 Å². The minimum atomic E-state index is -0.303. The third-order valence-electron chi connectivity index (χ3n) is 3.69. The van der Waals surface area contributed by atoms with Crippen LogP contribution in [0.2, 0.25) is 0 Å². The van der Waals surface area contributed by atoms with Crippen molar-refractivity contribution in [3.05, 3.63) is 30.1 Å². The normalized spacial score (nSPS) is 14.1. The van der Waals surface area contributed by atoms with Gasteiger partial charge in [0, 0.05) is 32.4 Å². The lowest BCUT2D eigenvalue weighted by molar-refractivity contribution is -0.138. The Kier molecular flexibility index (Phi) is 6.72. The number of nitrogens with zero attached hydrogens (tertiary/aromatic N) is 1. The number of carbonyl (C=O) groups excluding carboxylic acids is 3. The SMILES string of the molecule is O=C(CCN1C(=O)CCC1=O)NCCCCOc1ccc(F)cc1. The summed E-state index contributed by atoms with van der Waals surface area (Å²) < 4.78 is 18.2. The number of benzene rings is 1. The van der Waals surface area contributed by atoms with Crippen molar-refractivity contribution in [3.63, 3.8) is 0 Å². The Morgan fingerprint density at radius 2 is 1.79 bits per heavy atom. The van der Waals surface area contributed by atoms with Crippen LogP contribution in [0.25, 0.3) is 0 Å². The van der Waals surface area contributed by atoms with E-state index in [1.54, 1.807) is 12.1 Å². The minimum absolute atomic E-state index is 0.129. The zero-order valence-corrected chi connectivity index (χ0v) is 13.4. The number of halogens is 1. The highest BCUT2D eigenvalue weighted by Gasteiger charge is 2.28. The lowest BCUT2D eigenvalue weighted by Gasteiger charge is -2.13. The molecular formula is C17H21FN2O4. The van der Waals surface area contributed by atoms with Crippen LogP contribution in [0.15, 0.2) is 24.3 Å². The Labute approximate surface area is 140 Å². The first-order chi connectivity index (χ1) is 11.6. The largest absolute Gasteiger partial charge is 0.494 e. The van der Waals surface area contributed by atoms with Crippen molar-refractivity contribution in [3.8, 4) is 5.75 Å². The van der Waals surface area contributed by atoms with Crippen molar-refractivity contribution in [2.45, 2.75) is 32.1 Å². The number of hydrogen-bond acceptors (Lipinski definition) is 4. The molecule has 130 valence electrons. The smallest absolute Gasteiger partial charge is 0.229 e. The second kappa shape index (κ2) is 9.00. The molecule has 1 N–H and O–H groups in total. The predicted octanol–water partition coefficient (Wildman–Crippen LogP) is 1.64. The van der Waals surface area contributed by atoms with Crippen LogP contribution in [0.4, 0.5) is 4.39 Å². The number of nitrogens with one attached hydrogen (secondary N) is 1. The molecule has 7 heteroatoms. The van der Waals surface area contributed by atoms with Crippen LogP contribution in [-0.4, -0.2) is 42.3 Å². The topological polar surface area (TPSA) is 75.7 Å². The van der Waals surface area contributed by atoms with Gasteiger partial charge in [0.25, 0.3) is 0 Å². The van der Waals surface area contributed by atoms with Crippen molar-refractivity contribution in [1.29, 1.82) is 0 Å². The van der Waals surface area contributed by atoms with E-state index in [2.05, 4.69) is 5.32 Å². The van der Waals surface area contributed by atoms with Gasteiger partial charge in [-0.15, -0.1) is 0 Å². The molecule has 1 saturated heterocycles. The number of likely N-dealkylation sites (tertiary alicyclic amines) is 1. The van der Waals surface area contributed by atoms with Gasteiger partial charge < -0.3 is 10.1 Å². The number of hydrogen-bond donors (Lipinski definition) is 1. The van der Waals surface area contributed by atoms with Crippen LogP contribution in [0.3, 0.4) is 0 Å². The number of amides is 3. The molecule has 1 aromatic rings. The third-order valence-corrected chi connectivity index (χ3v) is 3.69. The highest BCUT2D eigenvalue weighted by atomic mass is 19.1. The van der Waals surface area contributed by atoms with Crippen LogP contribution in [0.1, 0.15) is 32.1 Å². The molecule has 24 heavy (non-hydrogen) atoms. The standard InChI is InChI=1S/C17H21FN2O4/c18-13-3-5-14(6-4-13)24-12-2-1-10-19-15(21)9-11-20-16(22)7-8-17(20)23/h3-6H,1-2,7-12H2,(H,19,21). The number of unbranched alkanes of at least 4 members (excludes halogenated alkanes) is 1. The Balaban J connectivity index is 1.51. The summed E-state index contributed by atoms with van der Waals surface area (Å²) in [5.41, 5.74) is 0. The lowest BCUT2D eigenvalue weighted by Crippen LogP contribution is -2.34. The minimum Gasteiger partial charge on any atom is -0.494 e. The molecule has 0 radical (unpaired) electrons. The molecule has 0 spiro atoms. The zero-order chi connectivity index (χ0) is 17.4. The summed E-state index contributed by atoms with van der Waals surface area (Å²) in [6, 6.07) is 5.81. The van der Waals surface area contributed by atoms with Crippen molar-refractivity contribution in [1.82, 2.24) is 10.2 Å². The fourth-order valence-corrected chi connectivity index (χ4v) is 2.35. The monoisotopic (exact) mass is 336 g/mol. The van der Waals surface area contributed by atoms with Gasteiger partial charge >= 0.3 is 0 Å². The van der Waals surface area contributed by atoms with Gasteiger partial charge in [0.1, 0.15) is 11.6 Å². The van der Waals surface area contributed by atoms with Gasteiger partial charge in [-0.05, 0) is 37.1 Å². The fourth-order valence-electron chi connectivity index (χ4n) is 2.35. The first-order valence-corrected chi connectivity index (χ1v) is 8.04. The van der Waals surface area contributed by atoms with E-state index in [1.807, 2.05) is 0 Å². The van der Waals surface area contributed by atoms with Gasteiger partial charge in [-0.1, -0.05) is 0 Å². The molecule has 0 atom stereocenters. The molecule has 0 aliphatic carbocycles. The summed E-state index contributed by atoms with van der Waals surface area (Å²) in [5, 5.41) is 2.75. The Morgan fingerprint density at radius 1 is 1.12 bits per heavy atom. The molecule has 2 rings (SSSR count). The van der Waals surface area contributed by atoms with Gasteiger partial charge in [-0.25, -0.2) is 4.39 Å². The molecule has 1 aliphatic heterocycles. The van der Waals surface area contributed by atoms with Gasteiger partial charge in [0.2, 0.25) is 17.7 Å². The highest BCUT2D eigenvalue weighted by Crippen LogP contribution is 2.12. The molecule has 1 heterocycles. The summed E-state index contributed by atoms with van der Waals surface area (Å²) >= 11 is 0. The van der Waals surface area contributed by atoms with Crippen LogP contribution in [0, 0.1) is 5.82 Å². The molecule has 1 aliphatic rings. The van der Waals surface area contributed by atoms with Crippen molar-refractivity contribution >= 4 is 17.7 Å². The Hall–Kier alpha value is -2.44. The lowest BCUT2D eigenvalue weighted by atomic mass is 10.3. The van der Waals surface area contributed by atoms with E-state index >= 15 is 0 Å². The van der Waals surface area contributed by atoms with Crippen LogP contribution >= 0.6 is 0 Å². The van der Waals surface area contributed by atoms with Crippen molar-refractivity contribution < 1.29 is 23.5 Å². The maximum absolute atomic E-state index is 12.7. The molecule has 0 aromatic heterocycles. The van der Waals surface area contributed by atoms with Crippen LogP contribution < -0.4 is 10.1 Å². The van der Waals surface area contributed by atoms with Crippen LogP contribution in [-0.2, 0) is 14.4 Å². The molecular weight excluding hydrogens is 315 g/mol. The summed E-state index contributed by atoms with van der Waals surface area (Å²) in [4.78, 5) is 35.6.